The highest BCUT2D eigenvalue weighted by Crippen LogP contribution is 2.30. The second-order valence-corrected chi connectivity index (χ2v) is 6.09. The molecule has 0 spiro atoms. The van der Waals surface area contributed by atoms with Crippen molar-refractivity contribution in [2.24, 2.45) is 5.92 Å². The van der Waals surface area contributed by atoms with Gasteiger partial charge in [-0.15, -0.1) is 0 Å². The topological polar surface area (TPSA) is 58.2 Å². The Morgan fingerprint density at radius 2 is 1.83 bits per heavy atom. The monoisotopic (exact) mass is 328 g/mol. The number of nitrogens with one attached hydrogen (secondary N) is 2. The van der Waals surface area contributed by atoms with Crippen LogP contribution in [0.5, 0.6) is 0 Å². The predicted molar refractivity (Wildman–Crippen MR) is 90.4 cm³/mol. The SMILES string of the molecule is O=C(NCc1ccc(NC(=O)C2CC2)cc1)c1cccc(Cl)c1. The third-order valence-electron chi connectivity index (χ3n) is 3.71. The smallest absolute Gasteiger partial charge is 0.251 e. The molecule has 5 heteroatoms. The molecule has 0 aliphatic heterocycles. The molecular formula is C18H17ClN2O2. The number of amides is 2. The Morgan fingerprint density at radius 1 is 1.09 bits per heavy atom. The van der Waals surface area contributed by atoms with Crippen LogP contribution in [0.3, 0.4) is 0 Å². The Hall–Kier alpha value is -2.33. The molecule has 3 rings (SSSR count). The fourth-order valence-electron chi connectivity index (χ4n) is 2.21. The van der Waals surface area contributed by atoms with E-state index in [-0.39, 0.29) is 17.7 Å². The van der Waals surface area contributed by atoms with Gasteiger partial charge < -0.3 is 10.6 Å². The molecule has 23 heavy (non-hydrogen) atoms. The molecular weight excluding hydrogens is 312 g/mol. The summed E-state index contributed by atoms with van der Waals surface area (Å²) in [5.41, 5.74) is 2.28. The van der Waals surface area contributed by atoms with E-state index in [4.69, 9.17) is 11.6 Å². The van der Waals surface area contributed by atoms with Gasteiger partial charge in [-0.25, -0.2) is 0 Å². The van der Waals surface area contributed by atoms with Crippen molar-refractivity contribution in [3.63, 3.8) is 0 Å². The summed E-state index contributed by atoms with van der Waals surface area (Å²) >= 11 is 5.88. The van der Waals surface area contributed by atoms with Gasteiger partial charge in [0.25, 0.3) is 5.91 Å². The van der Waals surface area contributed by atoms with Crippen molar-refractivity contribution >= 4 is 29.1 Å². The van der Waals surface area contributed by atoms with Crippen LogP contribution in [-0.2, 0) is 11.3 Å². The third kappa shape index (κ3) is 4.33. The highest BCUT2D eigenvalue weighted by Gasteiger charge is 2.29. The Morgan fingerprint density at radius 3 is 2.48 bits per heavy atom. The molecule has 0 unspecified atom stereocenters. The molecule has 0 bridgehead atoms. The molecule has 118 valence electrons. The van der Waals surface area contributed by atoms with Crippen LogP contribution >= 0.6 is 11.6 Å². The van der Waals surface area contributed by atoms with E-state index in [2.05, 4.69) is 10.6 Å². The van der Waals surface area contributed by atoms with Crippen molar-refractivity contribution in [1.29, 1.82) is 0 Å². The molecule has 2 N–H and O–H groups in total. The first-order valence-electron chi connectivity index (χ1n) is 7.55. The maximum Gasteiger partial charge on any atom is 0.251 e. The summed E-state index contributed by atoms with van der Waals surface area (Å²) in [4.78, 5) is 23.7. The van der Waals surface area contributed by atoms with E-state index in [0.717, 1.165) is 24.1 Å². The Balaban J connectivity index is 1.53. The van der Waals surface area contributed by atoms with Gasteiger partial charge in [0.05, 0.1) is 0 Å². The van der Waals surface area contributed by atoms with Gasteiger partial charge in [0.1, 0.15) is 0 Å². The number of carbonyl (C=O) groups excluding carboxylic acids is 2. The average molecular weight is 329 g/mol. The lowest BCUT2D eigenvalue weighted by molar-refractivity contribution is -0.117. The standard InChI is InChI=1S/C18H17ClN2O2/c19-15-3-1-2-14(10-15)17(22)20-11-12-4-8-16(9-5-12)21-18(23)13-6-7-13/h1-5,8-10,13H,6-7,11H2,(H,20,22)(H,21,23). The van der Waals surface area contributed by atoms with Gasteiger partial charge in [-0.1, -0.05) is 29.8 Å². The van der Waals surface area contributed by atoms with Gasteiger partial charge >= 0.3 is 0 Å². The number of halogens is 1. The van der Waals surface area contributed by atoms with Gasteiger partial charge in [-0.05, 0) is 48.7 Å². The molecule has 2 aromatic rings. The minimum absolute atomic E-state index is 0.0898. The van der Waals surface area contributed by atoms with Gasteiger partial charge in [-0.2, -0.15) is 0 Å². The van der Waals surface area contributed by atoms with Crippen LogP contribution in [-0.4, -0.2) is 11.8 Å². The summed E-state index contributed by atoms with van der Waals surface area (Å²) in [6, 6.07) is 14.3. The van der Waals surface area contributed by atoms with E-state index in [1.54, 1.807) is 24.3 Å². The second-order valence-electron chi connectivity index (χ2n) is 5.65. The number of carbonyl (C=O) groups is 2. The van der Waals surface area contributed by atoms with Crippen LogP contribution in [0.2, 0.25) is 5.02 Å². The Kier molecular flexibility index (Phi) is 4.63. The van der Waals surface area contributed by atoms with Crippen LogP contribution < -0.4 is 10.6 Å². The van der Waals surface area contributed by atoms with E-state index in [0.29, 0.717) is 17.1 Å². The molecule has 1 aliphatic rings. The predicted octanol–water partition coefficient (Wildman–Crippen LogP) is 3.62. The minimum Gasteiger partial charge on any atom is -0.348 e. The third-order valence-corrected chi connectivity index (χ3v) is 3.94. The lowest BCUT2D eigenvalue weighted by atomic mass is 10.1. The number of hydrogen-bond acceptors (Lipinski definition) is 2. The van der Waals surface area contributed by atoms with Gasteiger partial charge in [0.2, 0.25) is 5.91 Å². The normalized spacial score (nSPS) is 13.4. The first kappa shape index (κ1) is 15.6. The van der Waals surface area contributed by atoms with E-state index in [9.17, 15) is 9.59 Å². The summed E-state index contributed by atoms with van der Waals surface area (Å²) in [5.74, 6) is 0.109. The molecule has 1 saturated carbocycles. The van der Waals surface area contributed by atoms with E-state index < -0.39 is 0 Å². The first-order chi connectivity index (χ1) is 11.1. The van der Waals surface area contributed by atoms with Crippen molar-refractivity contribution in [3.8, 4) is 0 Å². The van der Waals surface area contributed by atoms with Crippen molar-refractivity contribution in [2.45, 2.75) is 19.4 Å². The van der Waals surface area contributed by atoms with E-state index >= 15 is 0 Å². The average Bonchev–Trinajstić information content (AvgIpc) is 3.39. The van der Waals surface area contributed by atoms with Crippen molar-refractivity contribution in [1.82, 2.24) is 5.32 Å². The molecule has 0 saturated heterocycles. The molecule has 0 aromatic heterocycles. The number of rotatable bonds is 5. The first-order valence-corrected chi connectivity index (χ1v) is 7.93. The summed E-state index contributed by atoms with van der Waals surface area (Å²) in [6.07, 6.45) is 1.97. The molecule has 2 aromatic carbocycles. The zero-order chi connectivity index (χ0) is 16.2. The van der Waals surface area contributed by atoms with Crippen LogP contribution in [0.15, 0.2) is 48.5 Å². The van der Waals surface area contributed by atoms with Crippen LogP contribution in [0.25, 0.3) is 0 Å². The number of benzene rings is 2. The summed E-state index contributed by atoms with van der Waals surface area (Å²) in [7, 11) is 0. The molecule has 0 atom stereocenters. The van der Waals surface area contributed by atoms with Crippen molar-refractivity contribution in [2.75, 3.05) is 5.32 Å². The fourth-order valence-corrected chi connectivity index (χ4v) is 2.40. The molecule has 2 amide bonds. The molecule has 0 heterocycles. The van der Waals surface area contributed by atoms with E-state index in [1.807, 2.05) is 24.3 Å². The summed E-state index contributed by atoms with van der Waals surface area (Å²) in [5, 5.41) is 6.27. The molecule has 1 fully saturated rings. The highest BCUT2D eigenvalue weighted by atomic mass is 35.5. The highest BCUT2D eigenvalue weighted by molar-refractivity contribution is 6.30. The van der Waals surface area contributed by atoms with Gasteiger partial charge in [-0.3, -0.25) is 9.59 Å². The lowest BCUT2D eigenvalue weighted by Crippen LogP contribution is -2.22. The van der Waals surface area contributed by atoms with Crippen molar-refractivity contribution < 1.29 is 9.59 Å². The zero-order valence-corrected chi connectivity index (χ0v) is 13.3. The van der Waals surface area contributed by atoms with Gasteiger partial charge in [0.15, 0.2) is 0 Å². The Labute approximate surface area is 139 Å². The van der Waals surface area contributed by atoms with Crippen LogP contribution in [0.1, 0.15) is 28.8 Å². The maximum atomic E-state index is 12.0. The minimum atomic E-state index is -0.168. The molecule has 0 radical (unpaired) electrons. The zero-order valence-electron chi connectivity index (χ0n) is 12.5. The van der Waals surface area contributed by atoms with Crippen molar-refractivity contribution in [3.05, 3.63) is 64.7 Å². The fraction of sp³-hybridized carbons (Fsp3) is 0.222. The second kappa shape index (κ2) is 6.84. The molecule has 1 aliphatic carbocycles. The maximum absolute atomic E-state index is 12.0. The molecule has 4 nitrogen and oxygen atoms in total. The lowest BCUT2D eigenvalue weighted by Gasteiger charge is -2.08. The number of hydrogen-bond donors (Lipinski definition) is 2. The number of anilines is 1. The van der Waals surface area contributed by atoms with E-state index in [1.165, 1.54) is 0 Å². The summed E-state index contributed by atoms with van der Waals surface area (Å²) in [6.45, 7) is 0.419. The van der Waals surface area contributed by atoms with Gasteiger partial charge in [0, 0.05) is 28.7 Å². The Bertz CT molecular complexity index is 724. The largest absolute Gasteiger partial charge is 0.348 e. The van der Waals surface area contributed by atoms with Crippen LogP contribution in [0.4, 0.5) is 5.69 Å². The quantitative estimate of drug-likeness (QED) is 0.880. The van der Waals surface area contributed by atoms with Crippen LogP contribution in [0, 0.1) is 5.92 Å². The summed E-state index contributed by atoms with van der Waals surface area (Å²) < 4.78 is 0.